The van der Waals surface area contributed by atoms with E-state index in [1.807, 2.05) is 4.90 Å². The molecule has 1 N–H and O–H groups in total. The SMILES string of the molecule is CC(C(=O)O)[C@@H]1CCN(Cc2cc(C(F)(F)F)ccc2Cl)[C@H](c2ccc(C(F)(F)F)cc2)C1. The van der Waals surface area contributed by atoms with E-state index in [2.05, 4.69) is 0 Å². The van der Waals surface area contributed by atoms with Crippen molar-refractivity contribution in [2.45, 2.75) is 44.7 Å². The topological polar surface area (TPSA) is 40.5 Å². The number of hydrogen-bond acceptors (Lipinski definition) is 2. The van der Waals surface area contributed by atoms with Crippen LogP contribution in [0.1, 0.15) is 48.1 Å². The van der Waals surface area contributed by atoms with Gasteiger partial charge in [-0.25, -0.2) is 0 Å². The van der Waals surface area contributed by atoms with E-state index in [0.29, 0.717) is 24.9 Å². The van der Waals surface area contributed by atoms with E-state index in [-0.39, 0.29) is 23.0 Å². The van der Waals surface area contributed by atoms with Gasteiger partial charge >= 0.3 is 18.3 Å². The van der Waals surface area contributed by atoms with E-state index in [1.54, 1.807) is 6.92 Å². The van der Waals surface area contributed by atoms with Crippen LogP contribution in [0.5, 0.6) is 0 Å². The number of carbonyl (C=O) groups is 1. The molecule has 0 bridgehead atoms. The Balaban J connectivity index is 1.93. The van der Waals surface area contributed by atoms with Gasteiger partial charge in [-0.05, 0) is 66.8 Å². The van der Waals surface area contributed by atoms with Crippen molar-refractivity contribution in [3.8, 4) is 0 Å². The summed E-state index contributed by atoms with van der Waals surface area (Å²) < 4.78 is 78.4. The third-order valence-corrected chi connectivity index (χ3v) is 6.59. The molecule has 1 aliphatic rings. The van der Waals surface area contributed by atoms with E-state index in [0.717, 1.165) is 24.3 Å². The zero-order valence-electron chi connectivity index (χ0n) is 17.6. The first-order valence-corrected chi connectivity index (χ1v) is 10.6. The van der Waals surface area contributed by atoms with Gasteiger partial charge in [-0.2, -0.15) is 26.3 Å². The van der Waals surface area contributed by atoms with E-state index in [1.165, 1.54) is 18.2 Å². The van der Waals surface area contributed by atoms with Crippen LogP contribution in [-0.2, 0) is 23.7 Å². The van der Waals surface area contributed by atoms with Crippen molar-refractivity contribution in [2.75, 3.05) is 6.54 Å². The van der Waals surface area contributed by atoms with Crippen LogP contribution >= 0.6 is 11.6 Å². The maximum atomic E-state index is 13.2. The van der Waals surface area contributed by atoms with Gasteiger partial charge in [-0.15, -0.1) is 0 Å². The second-order valence-electron chi connectivity index (χ2n) is 8.32. The van der Waals surface area contributed by atoms with E-state index >= 15 is 0 Å². The molecule has 1 saturated heterocycles. The maximum Gasteiger partial charge on any atom is 0.416 e. The lowest BCUT2D eigenvalue weighted by Gasteiger charge is -2.41. The molecular formula is C23H22ClF6NO2. The van der Waals surface area contributed by atoms with Crippen LogP contribution in [0.3, 0.4) is 0 Å². The Hall–Kier alpha value is -2.26. The first-order valence-electron chi connectivity index (χ1n) is 10.3. The molecule has 180 valence electrons. The molecule has 2 aromatic rings. The smallest absolute Gasteiger partial charge is 0.416 e. The van der Waals surface area contributed by atoms with Crippen molar-refractivity contribution in [1.29, 1.82) is 0 Å². The minimum Gasteiger partial charge on any atom is -0.481 e. The summed E-state index contributed by atoms with van der Waals surface area (Å²) in [5, 5.41) is 9.55. The Labute approximate surface area is 192 Å². The lowest BCUT2D eigenvalue weighted by Crippen LogP contribution is -2.39. The highest BCUT2D eigenvalue weighted by atomic mass is 35.5. The Kier molecular flexibility index (Phi) is 7.33. The number of carboxylic acid groups (broad SMARTS) is 1. The molecule has 33 heavy (non-hydrogen) atoms. The number of hydrogen-bond donors (Lipinski definition) is 1. The summed E-state index contributed by atoms with van der Waals surface area (Å²) in [7, 11) is 0. The van der Waals surface area contributed by atoms with Gasteiger partial charge in [0.1, 0.15) is 0 Å². The molecule has 2 aromatic carbocycles. The Morgan fingerprint density at radius 1 is 1.06 bits per heavy atom. The van der Waals surface area contributed by atoms with Crippen LogP contribution in [0.2, 0.25) is 5.02 Å². The van der Waals surface area contributed by atoms with Crippen molar-refractivity contribution < 1.29 is 36.2 Å². The third kappa shape index (κ3) is 6.00. The van der Waals surface area contributed by atoms with Crippen molar-refractivity contribution in [2.24, 2.45) is 11.8 Å². The number of benzene rings is 2. The molecule has 1 heterocycles. The number of rotatable bonds is 5. The minimum atomic E-state index is -4.55. The number of halogens is 7. The fourth-order valence-corrected chi connectivity index (χ4v) is 4.40. The van der Waals surface area contributed by atoms with Crippen molar-refractivity contribution in [1.82, 2.24) is 4.90 Å². The summed E-state index contributed by atoms with van der Waals surface area (Å²) in [4.78, 5) is 13.3. The van der Waals surface area contributed by atoms with Crippen LogP contribution < -0.4 is 0 Å². The van der Waals surface area contributed by atoms with Crippen LogP contribution in [-0.4, -0.2) is 22.5 Å². The molecule has 1 fully saturated rings. The van der Waals surface area contributed by atoms with Gasteiger partial charge < -0.3 is 5.11 Å². The molecule has 0 radical (unpaired) electrons. The predicted octanol–water partition coefficient (Wildman–Crippen LogP) is 7.05. The summed E-state index contributed by atoms with van der Waals surface area (Å²) in [5.74, 6) is -1.87. The molecule has 0 aromatic heterocycles. The van der Waals surface area contributed by atoms with Gasteiger partial charge in [0, 0.05) is 17.6 Å². The molecule has 3 atom stereocenters. The normalized spacial score (nSPS) is 21.1. The zero-order valence-corrected chi connectivity index (χ0v) is 18.3. The first kappa shape index (κ1) is 25.4. The van der Waals surface area contributed by atoms with E-state index in [4.69, 9.17) is 11.6 Å². The van der Waals surface area contributed by atoms with E-state index < -0.39 is 41.4 Å². The monoisotopic (exact) mass is 493 g/mol. The fourth-order valence-electron chi connectivity index (χ4n) is 4.22. The number of carboxylic acids is 1. The van der Waals surface area contributed by atoms with Gasteiger partial charge in [0.2, 0.25) is 0 Å². The molecule has 0 saturated carbocycles. The molecule has 0 amide bonds. The fraction of sp³-hybridized carbons (Fsp3) is 0.435. The average Bonchev–Trinajstić information content (AvgIpc) is 2.73. The van der Waals surface area contributed by atoms with Crippen LogP contribution in [0.15, 0.2) is 42.5 Å². The molecule has 3 nitrogen and oxygen atoms in total. The molecule has 3 rings (SSSR count). The van der Waals surface area contributed by atoms with Gasteiger partial charge in [0.25, 0.3) is 0 Å². The van der Waals surface area contributed by atoms with Gasteiger partial charge in [0.15, 0.2) is 0 Å². The largest absolute Gasteiger partial charge is 0.481 e. The second kappa shape index (κ2) is 9.54. The number of likely N-dealkylation sites (tertiary alicyclic amines) is 1. The summed E-state index contributed by atoms with van der Waals surface area (Å²) in [5.41, 5.74) is -0.881. The van der Waals surface area contributed by atoms with Gasteiger partial charge in [-0.1, -0.05) is 30.7 Å². The lowest BCUT2D eigenvalue weighted by atomic mass is 9.79. The summed E-state index contributed by atoms with van der Waals surface area (Å²) in [6, 6.07) is 7.14. The molecule has 0 aliphatic carbocycles. The quantitative estimate of drug-likeness (QED) is 0.454. The van der Waals surface area contributed by atoms with Crippen molar-refractivity contribution in [3.63, 3.8) is 0 Å². The summed E-state index contributed by atoms with van der Waals surface area (Å²) in [6.07, 6.45) is -8.22. The third-order valence-electron chi connectivity index (χ3n) is 6.22. The molecular weight excluding hydrogens is 472 g/mol. The Morgan fingerprint density at radius 3 is 2.18 bits per heavy atom. The maximum absolute atomic E-state index is 13.2. The van der Waals surface area contributed by atoms with Crippen LogP contribution in [0.4, 0.5) is 26.3 Å². The molecule has 1 unspecified atom stereocenters. The van der Waals surface area contributed by atoms with Crippen molar-refractivity contribution in [3.05, 3.63) is 69.7 Å². The van der Waals surface area contributed by atoms with Crippen LogP contribution in [0, 0.1) is 11.8 Å². The Morgan fingerprint density at radius 2 is 1.64 bits per heavy atom. The molecule has 10 heteroatoms. The highest BCUT2D eigenvalue weighted by molar-refractivity contribution is 6.31. The molecule has 1 aliphatic heterocycles. The number of aliphatic carboxylic acids is 1. The summed E-state index contributed by atoms with van der Waals surface area (Å²) >= 11 is 6.15. The van der Waals surface area contributed by atoms with Crippen LogP contribution in [0.25, 0.3) is 0 Å². The van der Waals surface area contributed by atoms with Gasteiger partial charge in [-0.3, -0.25) is 9.69 Å². The second-order valence-corrected chi connectivity index (χ2v) is 8.73. The summed E-state index contributed by atoms with van der Waals surface area (Å²) in [6.45, 7) is 1.99. The first-order chi connectivity index (χ1) is 15.3. The Bertz CT molecular complexity index is 990. The lowest BCUT2D eigenvalue weighted by molar-refractivity contribution is -0.144. The highest BCUT2D eigenvalue weighted by Crippen LogP contribution is 2.41. The predicted molar refractivity (Wildman–Crippen MR) is 111 cm³/mol. The average molecular weight is 494 g/mol. The number of nitrogens with zero attached hydrogens (tertiary/aromatic N) is 1. The number of alkyl halides is 6. The highest BCUT2D eigenvalue weighted by Gasteiger charge is 2.36. The van der Waals surface area contributed by atoms with E-state index in [9.17, 15) is 36.2 Å². The van der Waals surface area contributed by atoms with Crippen molar-refractivity contribution >= 4 is 17.6 Å². The minimum absolute atomic E-state index is 0.0443. The molecule has 0 spiro atoms. The van der Waals surface area contributed by atoms with Gasteiger partial charge in [0.05, 0.1) is 17.0 Å². The zero-order chi connectivity index (χ0) is 24.6. The standard InChI is InChI=1S/C23H22ClF6NO2/c1-13(21(32)33)15-8-9-31(12-16-10-18(23(28,29)30)6-7-19(16)24)20(11-15)14-2-4-17(5-3-14)22(25,26)27/h2-7,10,13,15,20H,8-9,11-12H2,1H3,(H,32,33)/t13?,15-,20+/m1/s1. The number of piperidine rings is 1.